The molecule has 2 nitrogen and oxygen atoms in total. The first kappa shape index (κ1) is 11.9. The maximum Gasteiger partial charge on any atom is 0.225 e. The number of nitrogens with one attached hydrogen (secondary N) is 1. The van der Waals surface area contributed by atoms with Crippen molar-refractivity contribution in [3.05, 3.63) is 58.3 Å². The summed E-state index contributed by atoms with van der Waals surface area (Å²) in [6.45, 7) is 0.703. The predicted octanol–water partition coefficient (Wildman–Crippen LogP) is 2.65. The third-order valence-electron chi connectivity index (χ3n) is 2.49. The number of carbonyl (C=O) groups is 1. The van der Waals surface area contributed by atoms with Crippen molar-refractivity contribution in [2.75, 3.05) is 6.54 Å². The molecule has 0 unspecified atom stereocenters. The highest BCUT2D eigenvalue weighted by molar-refractivity contribution is 7.10. The lowest BCUT2D eigenvalue weighted by molar-refractivity contribution is -0.120. The zero-order chi connectivity index (χ0) is 11.9. The first-order valence-corrected chi connectivity index (χ1v) is 6.55. The van der Waals surface area contributed by atoms with E-state index in [1.807, 2.05) is 35.7 Å². The summed E-state index contributed by atoms with van der Waals surface area (Å²) in [4.78, 5) is 12.7. The number of amides is 1. The first-order valence-electron chi connectivity index (χ1n) is 5.67. The molecule has 2 rings (SSSR count). The molecule has 0 aliphatic heterocycles. The summed E-state index contributed by atoms with van der Waals surface area (Å²) in [5, 5.41) is 4.93. The fourth-order valence-corrected chi connectivity index (χ4v) is 2.33. The highest BCUT2D eigenvalue weighted by Gasteiger charge is 2.03. The SMILES string of the molecule is O=C(Cc1cccs1)NCCc1ccccc1. The van der Waals surface area contributed by atoms with E-state index in [2.05, 4.69) is 17.4 Å². The normalized spacial score (nSPS) is 10.1. The number of thiophene rings is 1. The van der Waals surface area contributed by atoms with Crippen LogP contribution in [-0.2, 0) is 17.6 Å². The van der Waals surface area contributed by atoms with Crippen molar-refractivity contribution < 1.29 is 4.79 Å². The minimum atomic E-state index is 0.100. The Morgan fingerprint density at radius 3 is 2.65 bits per heavy atom. The highest BCUT2D eigenvalue weighted by atomic mass is 32.1. The maximum atomic E-state index is 11.6. The summed E-state index contributed by atoms with van der Waals surface area (Å²) in [6, 6.07) is 14.1. The molecule has 0 spiro atoms. The van der Waals surface area contributed by atoms with Crippen LogP contribution in [0.15, 0.2) is 47.8 Å². The van der Waals surface area contributed by atoms with E-state index in [-0.39, 0.29) is 5.91 Å². The fourth-order valence-electron chi connectivity index (χ4n) is 1.62. The van der Waals surface area contributed by atoms with E-state index in [0.29, 0.717) is 13.0 Å². The average Bonchev–Trinajstić information content (AvgIpc) is 2.83. The molecule has 0 atom stereocenters. The van der Waals surface area contributed by atoms with Crippen molar-refractivity contribution in [1.82, 2.24) is 5.32 Å². The Hall–Kier alpha value is -1.61. The second kappa shape index (κ2) is 6.21. The number of carbonyl (C=O) groups excluding carboxylic acids is 1. The van der Waals surface area contributed by atoms with Crippen LogP contribution in [0.4, 0.5) is 0 Å². The zero-order valence-corrected chi connectivity index (χ0v) is 10.4. The largest absolute Gasteiger partial charge is 0.355 e. The number of rotatable bonds is 5. The molecular weight excluding hydrogens is 230 g/mol. The molecule has 0 fully saturated rings. The second-order valence-corrected chi connectivity index (χ2v) is 4.87. The van der Waals surface area contributed by atoms with Crippen molar-refractivity contribution in [2.45, 2.75) is 12.8 Å². The monoisotopic (exact) mass is 245 g/mol. The van der Waals surface area contributed by atoms with E-state index in [4.69, 9.17) is 0 Å². The van der Waals surface area contributed by atoms with Crippen LogP contribution >= 0.6 is 11.3 Å². The average molecular weight is 245 g/mol. The number of hydrogen-bond acceptors (Lipinski definition) is 2. The second-order valence-electron chi connectivity index (χ2n) is 3.84. The van der Waals surface area contributed by atoms with Gasteiger partial charge >= 0.3 is 0 Å². The van der Waals surface area contributed by atoms with Gasteiger partial charge < -0.3 is 5.32 Å². The van der Waals surface area contributed by atoms with Gasteiger partial charge in [0.15, 0.2) is 0 Å². The molecule has 88 valence electrons. The number of benzene rings is 1. The van der Waals surface area contributed by atoms with Crippen LogP contribution in [-0.4, -0.2) is 12.5 Å². The van der Waals surface area contributed by atoms with Crippen molar-refractivity contribution in [3.63, 3.8) is 0 Å². The summed E-state index contributed by atoms with van der Waals surface area (Å²) in [5.74, 6) is 0.100. The van der Waals surface area contributed by atoms with Crippen LogP contribution < -0.4 is 5.32 Å². The quantitative estimate of drug-likeness (QED) is 0.862. The molecule has 0 radical (unpaired) electrons. The molecular formula is C14H15NOS. The third kappa shape index (κ3) is 4.04. The van der Waals surface area contributed by atoms with E-state index in [9.17, 15) is 4.79 Å². The van der Waals surface area contributed by atoms with E-state index in [1.54, 1.807) is 11.3 Å². The molecule has 3 heteroatoms. The Balaban J connectivity index is 1.70. The Morgan fingerprint density at radius 2 is 1.94 bits per heavy atom. The first-order chi connectivity index (χ1) is 8.34. The molecule has 1 N–H and O–H groups in total. The van der Waals surface area contributed by atoms with Crippen LogP contribution in [0.5, 0.6) is 0 Å². The molecule has 0 saturated heterocycles. The maximum absolute atomic E-state index is 11.6. The summed E-state index contributed by atoms with van der Waals surface area (Å²) in [6.07, 6.45) is 1.38. The molecule has 1 heterocycles. The molecule has 17 heavy (non-hydrogen) atoms. The van der Waals surface area contributed by atoms with Gasteiger partial charge in [0.25, 0.3) is 0 Å². The molecule has 2 aromatic rings. The molecule has 0 aliphatic rings. The van der Waals surface area contributed by atoms with Crippen molar-refractivity contribution in [2.24, 2.45) is 0 Å². The summed E-state index contributed by atoms with van der Waals surface area (Å²) in [5.41, 5.74) is 1.25. The lowest BCUT2D eigenvalue weighted by Crippen LogP contribution is -2.26. The highest BCUT2D eigenvalue weighted by Crippen LogP contribution is 2.08. The van der Waals surface area contributed by atoms with Crippen LogP contribution in [0.3, 0.4) is 0 Å². The van der Waals surface area contributed by atoms with Gasteiger partial charge in [-0.25, -0.2) is 0 Å². The van der Waals surface area contributed by atoms with Gasteiger partial charge in [0, 0.05) is 11.4 Å². The van der Waals surface area contributed by atoms with E-state index in [1.165, 1.54) is 5.56 Å². The van der Waals surface area contributed by atoms with Gasteiger partial charge in [0.1, 0.15) is 0 Å². The third-order valence-corrected chi connectivity index (χ3v) is 3.37. The summed E-state index contributed by atoms with van der Waals surface area (Å²) in [7, 11) is 0. The van der Waals surface area contributed by atoms with Gasteiger partial charge in [-0.15, -0.1) is 11.3 Å². The van der Waals surface area contributed by atoms with Gasteiger partial charge in [0.2, 0.25) is 5.91 Å². The van der Waals surface area contributed by atoms with Gasteiger partial charge in [-0.3, -0.25) is 4.79 Å². The van der Waals surface area contributed by atoms with E-state index in [0.717, 1.165) is 11.3 Å². The smallest absolute Gasteiger partial charge is 0.225 e. The summed E-state index contributed by atoms with van der Waals surface area (Å²) < 4.78 is 0. The minimum Gasteiger partial charge on any atom is -0.355 e. The van der Waals surface area contributed by atoms with Crippen LogP contribution in [0.2, 0.25) is 0 Å². The Labute approximate surface area is 105 Å². The standard InChI is InChI=1S/C14H15NOS/c16-14(11-13-7-4-10-17-13)15-9-8-12-5-2-1-3-6-12/h1-7,10H,8-9,11H2,(H,15,16). The van der Waals surface area contributed by atoms with E-state index >= 15 is 0 Å². The Bertz CT molecular complexity index is 450. The van der Waals surface area contributed by atoms with Gasteiger partial charge in [-0.05, 0) is 23.4 Å². The predicted molar refractivity (Wildman–Crippen MR) is 71.2 cm³/mol. The van der Waals surface area contributed by atoms with Crippen LogP contribution in [0, 0.1) is 0 Å². The molecule has 0 aliphatic carbocycles. The van der Waals surface area contributed by atoms with Crippen molar-refractivity contribution >= 4 is 17.2 Å². The number of hydrogen-bond donors (Lipinski definition) is 1. The Morgan fingerprint density at radius 1 is 1.12 bits per heavy atom. The van der Waals surface area contributed by atoms with Gasteiger partial charge in [-0.2, -0.15) is 0 Å². The minimum absolute atomic E-state index is 0.100. The van der Waals surface area contributed by atoms with Gasteiger partial charge in [-0.1, -0.05) is 36.4 Å². The van der Waals surface area contributed by atoms with Crippen LogP contribution in [0.1, 0.15) is 10.4 Å². The molecule has 1 amide bonds. The fraction of sp³-hybridized carbons (Fsp3) is 0.214. The zero-order valence-electron chi connectivity index (χ0n) is 9.56. The Kier molecular flexibility index (Phi) is 4.33. The lowest BCUT2D eigenvalue weighted by Gasteiger charge is -2.04. The van der Waals surface area contributed by atoms with Crippen molar-refractivity contribution in [3.8, 4) is 0 Å². The molecule has 1 aromatic heterocycles. The van der Waals surface area contributed by atoms with Crippen LogP contribution in [0.25, 0.3) is 0 Å². The topological polar surface area (TPSA) is 29.1 Å². The van der Waals surface area contributed by atoms with Gasteiger partial charge in [0.05, 0.1) is 6.42 Å². The lowest BCUT2D eigenvalue weighted by atomic mass is 10.1. The van der Waals surface area contributed by atoms with E-state index < -0.39 is 0 Å². The molecule has 0 saturated carbocycles. The van der Waals surface area contributed by atoms with Crippen molar-refractivity contribution in [1.29, 1.82) is 0 Å². The summed E-state index contributed by atoms with van der Waals surface area (Å²) >= 11 is 1.62. The molecule has 0 bridgehead atoms. The molecule has 1 aromatic carbocycles.